The second-order valence-corrected chi connectivity index (χ2v) is 6.59. The third-order valence-electron chi connectivity index (χ3n) is 3.06. The van der Waals surface area contributed by atoms with E-state index in [1.165, 1.54) is 0 Å². The van der Waals surface area contributed by atoms with E-state index in [-0.39, 0.29) is 36.2 Å². The third-order valence-corrected chi connectivity index (χ3v) is 5.34. The molecular weight excluding hydrogens is 448 g/mol. The van der Waals surface area contributed by atoms with Gasteiger partial charge in [-0.05, 0) is 6.07 Å². The summed E-state index contributed by atoms with van der Waals surface area (Å²) in [5.41, 5.74) is -1.77. The van der Waals surface area contributed by atoms with Crippen molar-refractivity contribution in [2.45, 2.75) is 12.6 Å². The number of benzene rings is 1. The maximum Gasteiger partial charge on any atom is 0.433 e. The van der Waals surface area contributed by atoms with Crippen molar-refractivity contribution in [1.82, 2.24) is 4.98 Å². The lowest BCUT2D eigenvalue weighted by Gasteiger charge is -2.16. The predicted molar refractivity (Wildman–Crippen MR) is 91.1 cm³/mol. The molecule has 2 aromatic rings. The van der Waals surface area contributed by atoms with Crippen LogP contribution in [-0.4, -0.2) is 16.1 Å². The summed E-state index contributed by atoms with van der Waals surface area (Å²) in [6.07, 6.45) is -5.56. The van der Waals surface area contributed by atoms with Crippen LogP contribution in [-0.2, 0) is 17.4 Å². The molecule has 25 heavy (non-hydrogen) atoms. The number of alkyl halides is 3. The van der Waals surface area contributed by atoms with Gasteiger partial charge in [0.2, 0.25) is 0 Å². The molecule has 0 atom stereocenters. The van der Waals surface area contributed by atoms with E-state index >= 15 is 0 Å². The lowest BCUT2D eigenvalue weighted by atomic mass is 10.0. The van der Waals surface area contributed by atoms with Gasteiger partial charge in [-0.3, -0.25) is 4.79 Å². The Labute approximate surface area is 164 Å². The minimum Gasteiger partial charge on any atom is -0.481 e. The Balaban J connectivity index is 2.82. The van der Waals surface area contributed by atoms with E-state index in [4.69, 9.17) is 63.1 Å². The zero-order valence-corrected chi connectivity index (χ0v) is 15.5. The van der Waals surface area contributed by atoms with Crippen molar-refractivity contribution in [3.63, 3.8) is 0 Å². The van der Waals surface area contributed by atoms with E-state index in [1.54, 1.807) is 0 Å². The van der Waals surface area contributed by atoms with Crippen molar-refractivity contribution in [3.8, 4) is 11.1 Å². The number of hydrogen-bond donors (Lipinski definition) is 1. The van der Waals surface area contributed by atoms with Crippen LogP contribution in [0.3, 0.4) is 0 Å². The molecule has 0 saturated heterocycles. The van der Waals surface area contributed by atoms with E-state index in [0.29, 0.717) is 6.07 Å². The number of aromatic nitrogens is 1. The van der Waals surface area contributed by atoms with Gasteiger partial charge in [-0.2, -0.15) is 13.2 Å². The van der Waals surface area contributed by atoms with Gasteiger partial charge in [0, 0.05) is 11.1 Å². The fourth-order valence-corrected chi connectivity index (χ4v) is 3.35. The molecule has 0 amide bonds. The highest BCUT2D eigenvalue weighted by atomic mass is 35.5. The number of pyridine rings is 1. The van der Waals surface area contributed by atoms with Gasteiger partial charge in [-0.25, -0.2) is 4.98 Å². The molecule has 134 valence electrons. The van der Waals surface area contributed by atoms with Crippen molar-refractivity contribution < 1.29 is 23.1 Å². The van der Waals surface area contributed by atoms with E-state index < -0.39 is 30.0 Å². The lowest BCUT2D eigenvalue weighted by molar-refractivity contribution is -0.142. The molecule has 0 aliphatic carbocycles. The molecule has 1 N–H and O–H groups in total. The fraction of sp³-hybridized carbons (Fsp3) is 0.143. The molecule has 1 heterocycles. The molecule has 0 radical (unpaired) electrons. The number of carboxylic acids is 1. The summed E-state index contributed by atoms with van der Waals surface area (Å²) in [5, 5.41) is 8.11. The minimum atomic E-state index is -4.76. The van der Waals surface area contributed by atoms with Crippen LogP contribution in [0.2, 0.25) is 25.1 Å². The molecule has 1 aromatic carbocycles. The molecule has 0 fully saturated rings. The SMILES string of the molecule is O=C(O)Cc1nc(C(F)(F)F)ccc1-c1c(Cl)c(Cl)c(Cl)c(Cl)c1Cl. The molecule has 2 rings (SSSR count). The molecule has 0 saturated carbocycles. The average Bonchev–Trinajstić information content (AvgIpc) is 2.51. The summed E-state index contributed by atoms with van der Waals surface area (Å²) in [6.45, 7) is 0. The standard InChI is InChI=1S/C14H5Cl5F3NO2/c15-9-8(10(16)12(18)13(19)11(9)17)4-1-2-6(14(20,21)22)23-5(4)3-7(24)25/h1-2H,3H2,(H,24,25). The number of hydrogen-bond acceptors (Lipinski definition) is 2. The van der Waals surface area contributed by atoms with Crippen molar-refractivity contribution in [3.05, 3.63) is 48.6 Å². The Bertz CT molecular complexity index is 842. The monoisotopic (exact) mass is 451 g/mol. The predicted octanol–water partition coefficient (Wildman–Crippen LogP) is 6.66. The van der Waals surface area contributed by atoms with E-state index in [2.05, 4.69) is 4.98 Å². The molecule has 0 unspecified atom stereocenters. The van der Waals surface area contributed by atoms with Gasteiger partial charge in [-0.15, -0.1) is 0 Å². The topological polar surface area (TPSA) is 50.2 Å². The first-order valence-electron chi connectivity index (χ1n) is 6.25. The van der Waals surface area contributed by atoms with Crippen molar-refractivity contribution in [2.24, 2.45) is 0 Å². The lowest BCUT2D eigenvalue weighted by Crippen LogP contribution is -2.12. The third kappa shape index (κ3) is 4.09. The van der Waals surface area contributed by atoms with Gasteiger partial charge in [0.1, 0.15) is 5.69 Å². The summed E-state index contributed by atoms with van der Waals surface area (Å²) in [7, 11) is 0. The van der Waals surface area contributed by atoms with Gasteiger partial charge in [0.25, 0.3) is 0 Å². The van der Waals surface area contributed by atoms with Crippen LogP contribution in [0, 0.1) is 0 Å². The number of aliphatic carboxylic acids is 1. The highest BCUT2D eigenvalue weighted by molar-refractivity contribution is 6.56. The molecule has 0 aliphatic heterocycles. The quantitative estimate of drug-likeness (QED) is 0.418. The Morgan fingerprint density at radius 2 is 1.44 bits per heavy atom. The van der Waals surface area contributed by atoms with Gasteiger partial charge < -0.3 is 5.11 Å². The van der Waals surface area contributed by atoms with Crippen molar-refractivity contribution in [2.75, 3.05) is 0 Å². The van der Waals surface area contributed by atoms with Crippen LogP contribution in [0.15, 0.2) is 12.1 Å². The second-order valence-electron chi connectivity index (χ2n) is 4.70. The Morgan fingerprint density at radius 3 is 1.88 bits per heavy atom. The number of nitrogens with zero attached hydrogens (tertiary/aromatic N) is 1. The van der Waals surface area contributed by atoms with E-state index in [9.17, 15) is 18.0 Å². The van der Waals surface area contributed by atoms with Crippen LogP contribution >= 0.6 is 58.0 Å². The number of carboxylic acid groups (broad SMARTS) is 1. The number of carbonyl (C=O) groups is 1. The van der Waals surface area contributed by atoms with E-state index in [1.807, 2.05) is 0 Å². The highest BCUT2D eigenvalue weighted by Gasteiger charge is 2.34. The van der Waals surface area contributed by atoms with Crippen LogP contribution in [0.1, 0.15) is 11.4 Å². The van der Waals surface area contributed by atoms with Crippen LogP contribution in [0.5, 0.6) is 0 Å². The maximum absolute atomic E-state index is 12.9. The summed E-state index contributed by atoms with van der Waals surface area (Å²) in [4.78, 5) is 14.4. The fourth-order valence-electron chi connectivity index (χ4n) is 2.01. The van der Waals surface area contributed by atoms with Crippen LogP contribution in [0.25, 0.3) is 11.1 Å². The summed E-state index contributed by atoms with van der Waals surface area (Å²) >= 11 is 29.9. The molecule has 0 spiro atoms. The highest BCUT2D eigenvalue weighted by Crippen LogP contribution is 2.49. The molecule has 3 nitrogen and oxygen atoms in total. The summed E-state index contributed by atoms with van der Waals surface area (Å²) in [6, 6.07) is 1.67. The number of halogens is 8. The summed E-state index contributed by atoms with van der Waals surface area (Å²) in [5.74, 6) is -1.40. The minimum absolute atomic E-state index is 0.0501. The van der Waals surface area contributed by atoms with Crippen molar-refractivity contribution in [1.29, 1.82) is 0 Å². The zero-order chi connectivity index (χ0) is 19.1. The largest absolute Gasteiger partial charge is 0.481 e. The molecular formula is C14H5Cl5F3NO2. The summed E-state index contributed by atoms with van der Waals surface area (Å²) < 4.78 is 38.6. The Hall–Kier alpha value is -0.920. The molecule has 11 heteroatoms. The molecule has 1 aromatic heterocycles. The normalized spacial score (nSPS) is 11.7. The van der Waals surface area contributed by atoms with Crippen LogP contribution < -0.4 is 0 Å². The zero-order valence-electron chi connectivity index (χ0n) is 11.7. The van der Waals surface area contributed by atoms with Gasteiger partial charge in [-0.1, -0.05) is 64.1 Å². The van der Waals surface area contributed by atoms with E-state index in [0.717, 1.165) is 6.07 Å². The van der Waals surface area contributed by atoms with Gasteiger partial charge >= 0.3 is 12.1 Å². The first-order chi connectivity index (χ1) is 11.4. The smallest absolute Gasteiger partial charge is 0.433 e. The molecule has 0 bridgehead atoms. The van der Waals surface area contributed by atoms with Crippen LogP contribution in [0.4, 0.5) is 13.2 Å². The van der Waals surface area contributed by atoms with Gasteiger partial charge in [0.15, 0.2) is 0 Å². The Morgan fingerprint density at radius 1 is 0.960 bits per heavy atom. The second kappa shape index (κ2) is 7.37. The van der Waals surface area contributed by atoms with Gasteiger partial charge in [0.05, 0.1) is 37.2 Å². The average molecular weight is 453 g/mol. The molecule has 0 aliphatic rings. The number of rotatable bonds is 3. The van der Waals surface area contributed by atoms with Crippen molar-refractivity contribution >= 4 is 64.0 Å². The first kappa shape index (κ1) is 20.4. The Kier molecular flexibility index (Phi) is 6.01. The first-order valence-corrected chi connectivity index (χ1v) is 8.14. The maximum atomic E-state index is 12.9.